The number of dihydropyridines is 1. The van der Waals surface area contributed by atoms with Gasteiger partial charge in [0, 0.05) is 6.54 Å². The monoisotopic (exact) mass is 95.1 g/mol. The van der Waals surface area contributed by atoms with Crippen molar-refractivity contribution in [1.82, 2.24) is 5.32 Å². The molecule has 2 nitrogen and oxygen atoms in total. The Balaban J connectivity index is 2.57. The lowest BCUT2D eigenvalue weighted by Gasteiger charge is -2.03. The van der Waals surface area contributed by atoms with Crippen molar-refractivity contribution in [3.8, 4) is 0 Å². The maximum Gasteiger partial charge on any atom is 0.0968 e. The van der Waals surface area contributed by atoms with Crippen LogP contribution in [0.4, 0.5) is 0 Å². The molecule has 1 rings (SSSR count). The van der Waals surface area contributed by atoms with Gasteiger partial charge in [0.1, 0.15) is 0 Å². The summed E-state index contributed by atoms with van der Waals surface area (Å²) in [6.45, 7) is 0.808. The lowest BCUT2D eigenvalue weighted by atomic mass is 10.4. The quantitative estimate of drug-likeness (QED) is 0.435. The van der Waals surface area contributed by atoms with Crippen LogP contribution in [0, 0.1) is 6.08 Å². The molecule has 7 heavy (non-hydrogen) atoms. The van der Waals surface area contributed by atoms with Gasteiger partial charge >= 0.3 is 0 Å². The van der Waals surface area contributed by atoms with E-state index in [1.165, 1.54) is 0 Å². The van der Waals surface area contributed by atoms with Crippen molar-refractivity contribution in [2.24, 2.45) is 5.73 Å². The summed E-state index contributed by atoms with van der Waals surface area (Å²) in [4.78, 5) is 0. The zero-order chi connectivity index (χ0) is 5.11. The first kappa shape index (κ1) is 4.24. The van der Waals surface area contributed by atoms with Crippen molar-refractivity contribution < 1.29 is 0 Å². The number of rotatable bonds is 0. The third kappa shape index (κ3) is 0.961. The van der Waals surface area contributed by atoms with Crippen LogP contribution in [0.25, 0.3) is 0 Å². The molecule has 0 amide bonds. The van der Waals surface area contributed by atoms with E-state index in [1.54, 1.807) is 6.08 Å². The second kappa shape index (κ2) is 1.69. The Bertz CT molecular complexity index is 113. The van der Waals surface area contributed by atoms with Crippen LogP contribution < -0.4 is 11.1 Å². The summed E-state index contributed by atoms with van der Waals surface area (Å²) in [5, 5.41) is 2.90. The normalized spacial score (nSPS) is 18.0. The van der Waals surface area contributed by atoms with Crippen LogP contribution in [-0.2, 0) is 0 Å². The maximum absolute atomic E-state index is 5.30. The largest absolute Gasteiger partial charge is 0.386 e. The standard InChI is InChI=1S/C5H7N2/c6-5-3-1-2-4-7-5/h2-3,7H,4,6H2. The molecule has 0 bridgehead atoms. The highest BCUT2D eigenvalue weighted by Crippen LogP contribution is 1.84. The molecule has 2 heteroatoms. The van der Waals surface area contributed by atoms with Crippen molar-refractivity contribution in [3.63, 3.8) is 0 Å². The van der Waals surface area contributed by atoms with Crippen LogP contribution >= 0.6 is 0 Å². The molecule has 1 aliphatic heterocycles. The summed E-state index contributed by atoms with van der Waals surface area (Å²) in [6.07, 6.45) is 6.46. The molecule has 1 aliphatic rings. The minimum atomic E-state index is 0.697. The van der Waals surface area contributed by atoms with E-state index in [9.17, 15) is 0 Å². The highest BCUT2D eigenvalue weighted by molar-refractivity contribution is 5.08. The Morgan fingerprint density at radius 1 is 1.86 bits per heavy atom. The second-order valence-electron chi connectivity index (χ2n) is 1.35. The van der Waals surface area contributed by atoms with E-state index < -0.39 is 0 Å². The minimum Gasteiger partial charge on any atom is -0.386 e. The Hall–Kier alpha value is -0.920. The van der Waals surface area contributed by atoms with Gasteiger partial charge in [-0.25, -0.2) is 0 Å². The Kier molecular flexibility index (Phi) is 1.02. The summed E-state index contributed by atoms with van der Waals surface area (Å²) in [5.41, 5.74) is 5.30. The first-order valence-electron chi connectivity index (χ1n) is 2.17. The van der Waals surface area contributed by atoms with Crippen molar-refractivity contribution in [2.45, 2.75) is 0 Å². The predicted molar refractivity (Wildman–Crippen MR) is 28.1 cm³/mol. The molecule has 0 aromatic rings. The van der Waals surface area contributed by atoms with Crippen LogP contribution in [-0.4, -0.2) is 6.54 Å². The third-order valence-corrected chi connectivity index (χ3v) is 0.765. The Labute approximate surface area is 42.7 Å². The minimum absolute atomic E-state index is 0.697. The Morgan fingerprint density at radius 3 is 3.00 bits per heavy atom. The Morgan fingerprint density at radius 2 is 2.71 bits per heavy atom. The summed E-state index contributed by atoms with van der Waals surface area (Å²) in [7, 11) is 0. The fourth-order valence-electron chi connectivity index (χ4n) is 0.428. The molecule has 37 valence electrons. The predicted octanol–water partition coefficient (Wildman–Crippen LogP) is -0.251. The molecule has 1 heterocycles. The van der Waals surface area contributed by atoms with Gasteiger partial charge in [0.05, 0.1) is 5.82 Å². The van der Waals surface area contributed by atoms with Crippen molar-refractivity contribution in [3.05, 3.63) is 24.0 Å². The summed E-state index contributed by atoms with van der Waals surface area (Å²) >= 11 is 0. The topological polar surface area (TPSA) is 38.0 Å². The molecule has 0 saturated carbocycles. The smallest absolute Gasteiger partial charge is 0.0968 e. The molecule has 0 spiro atoms. The lowest BCUT2D eigenvalue weighted by Crippen LogP contribution is -2.21. The molecule has 0 aromatic heterocycles. The average molecular weight is 95.1 g/mol. The van der Waals surface area contributed by atoms with Crippen LogP contribution in [0.2, 0.25) is 0 Å². The van der Waals surface area contributed by atoms with Gasteiger partial charge in [-0.1, -0.05) is 6.08 Å². The fraction of sp³-hybridized carbons (Fsp3) is 0.200. The van der Waals surface area contributed by atoms with E-state index in [4.69, 9.17) is 5.73 Å². The first-order valence-corrected chi connectivity index (χ1v) is 2.17. The molecule has 0 saturated heterocycles. The van der Waals surface area contributed by atoms with Gasteiger partial charge < -0.3 is 11.1 Å². The summed E-state index contributed by atoms with van der Waals surface area (Å²) in [5.74, 6) is 0.697. The molecule has 1 radical (unpaired) electrons. The van der Waals surface area contributed by atoms with Crippen molar-refractivity contribution in [2.75, 3.05) is 6.54 Å². The zero-order valence-electron chi connectivity index (χ0n) is 3.94. The van der Waals surface area contributed by atoms with Crippen LogP contribution in [0.15, 0.2) is 18.0 Å². The molecule has 0 unspecified atom stereocenters. The van der Waals surface area contributed by atoms with E-state index in [1.807, 2.05) is 6.08 Å². The van der Waals surface area contributed by atoms with Gasteiger partial charge in [0.2, 0.25) is 0 Å². The third-order valence-electron chi connectivity index (χ3n) is 0.765. The van der Waals surface area contributed by atoms with Crippen LogP contribution in [0.1, 0.15) is 0 Å². The highest BCUT2D eigenvalue weighted by Gasteiger charge is 1.86. The van der Waals surface area contributed by atoms with Gasteiger partial charge in [-0.05, 0) is 12.2 Å². The van der Waals surface area contributed by atoms with Gasteiger partial charge in [-0.2, -0.15) is 0 Å². The lowest BCUT2D eigenvalue weighted by molar-refractivity contribution is 0.870. The molecule has 3 N–H and O–H groups in total. The van der Waals surface area contributed by atoms with Gasteiger partial charge in [-0.15, -0.1) is 0 Å². The zero-order valence-corrected chi connectivity index (χ0v) is 3.94. The first-order chi connectivity index (χ1) is 3.39. The molecule has 0 aromatic carbocycles. The van der Waals surface area contributed by atoms with Crippen molar-refractivity contribution >= 4 is 0 Å². The molecule has 0 fully saturated rings. The van der Waals surface area contributed by atoms with Crippen molar-refractivity contribution in [1.29, 1.82) is 0 Å². The van der Waals surface area contributed by atoms with E-state index in [-0.39, 0.29) is 0 Å². The molecule has 0 atom stereocenters. The van der Waals surface area contributed by atoms with E-state index in [0.717, 1.165) is 6.54 Å². The number of allylic oxidation sites excluding steroid dienone is 2. The SMILES string of the molecule is NC1=C[C]=CCN1. The van der Waals surface area contributed by atoms with E-state index >= 15 is 0 Å². The number of nitrogens with two attached hydrogens (primary N) is 1. The molecule has 0 aliphatic carbocycles. The van der Waals surface area contributed by atoms with Gasteiger partial charge in [-0.3, -0.25) is 0 Å². The summed E-state index contributed by atoms with van der Waals surface area (Å²) in [6, 6.07) is 0. The summed E-state index contributed by atoms with van der Waals surface area (Å²) < 4.78 is 0. The van der Waals surface area contributed by atoms with Gasteiger partial charge in [0.15, 0.2) is 0 Å². The van der Waals surface area contributed by atoms with E-state index in [2.05, 4.69) is 11.4 Å². The van der Waals surface area contributed by atoms with Crippen LogP contribution in [0.5, 0.6) is 0 Å². The number of hydrogen-bond donors (Lipinski definition) is 2. The van der Waals surface area contributed by atoms with E-state index in [0.29, 0.717) is 5.82 Å². The highest BCUT2D eigenvalue weighted by atomic mass is 15.0. The number of hydrogen-bond acceptors (Lipinski definition) is 2. The fourth-order valence-corrected chi connectivity index (χ4v) is 0.428. The average Bonchev–Trinajstić information content (AvgIpc) is 1.69. The maximum atomic E-state index is 5.30. The van der Waals surface area contributed by atoms with Gasteiger partial charge in [0.25, 0.3) is 0 Å². The van der Waals surface area contributed by atoms with Crippen LogP contribution in [0.3, 0.4) is 0 Å². The number of nitrogens with one attached hydrogen (secondary N) is 1. The molecular formula is C5H7N2. The molecular weight excluding hydrogens is 88.1 g/mol. The second-order valence-corrected chi connectivity index (χ2v) is 1.35.